The molecule has 9 nitrogen and oxygen atoms in total. The van der Waals surface area contributed by atoms with Gasteiger partial charge < -0.3 is 5.11 Å². The first-order valence-corrected chi connectivity index (χ1v) is 19.0. The number of aromatic hydroxyl groups is 1. The topological polar surface area (TPSA) is 128 Å². The van der Waals surface area contributed by atoms with Gasteiger partial charge in [0.05, 0.1) is 0 Å². The van der Waals surface area contributed by atoms with Gasteiger partial charge in [-0.25, -0.2) is 8.42 Å². The summed E-state index contributed by atoms with van der Waals surface area (Å²) >= 11 is 0. The lowest BCUT2D eigenvalue weighted by Gasteiger charge is -2.30. The number of azo groups is 1. The summed E-state index contributed by atoms with van der Waals surface area (Å²) in [4.78, 5) is 13.7. The molecule has 0 aliphatic carbocycles. The molecule has 0 amide bonds. The standard InChI is InChI=1S/C36H57N5O4S/c1-7-13-19-28(11-5)26-40(27-29(12-6)20-14-8-2)46(44,45)33-23-18-17-22-32(33)38-39-34-30(21-15-9-3)31(25-37)35(42)41(36(34)43)24-16-10-4/h17-18,22-23,28-29,42H,7-16,19-21,24,26-27H2,1-6H3. The van der Waals surface area contributed by atoms with Crippen molar-refractivity contribution in [2.75, 3.05) is 13.1 Å². The second-order valence-electron chi connectivity index (χ2n) is 12.4. The van der Waals surface area contributed by atoms with Crippen LogP contribution in [0.15, 0.2) is 44.2 Å². The number of benzene rings is 1. The van der Waals surface area contributed by atoms with Gasteiger partial charge in [0.15, 0.2) is 5.69 Å². The minimum atomic E-state index is -3.97. The molecule has 1 N–H and O–H groups in total. The molecule has 1 aromatic carbocycles. The third-order valence-corrected chi connectivity index (χ3v) is 10.8. The van der Waals surface area contributed by atoms with Crippen LogP contribution in [-0.2, 0) is 23.0 Å². The Balaban J connectivity index is 2.70. The summed E-state index contributed by atoms with van der Waals surface area (Å²) < 4.78 is 31.8. The summed E-state index contributed by atoms with van der Waals surface area (Å²) in [5.41, 5.74) is -0.0677. The van der Waals surface area contributed by atoms with Crippen LogP contribution < -0.4 is 5.56 Å². The monoisotopic (exact) mass is 655 g/mol. The number of aromatic nitrogens is 1. The van der Waals surface area contributed by atoms with Crippen molar-refractivity contribution in [2.24, 2.45) is 22.1 Å². The van der Waals surface area contributed by atoms with E-state index in [0.717, 1.165) is 64.2 Å². The molecule has 0 bridgehead atoms. The third-order valence-electron chi connectivity index (χ3n) is 8.89. The lowest BCUT2D eigenvalue weighted by Crippen LogP contribution is -2.39. The van der Waals surface area contributed by atoms with Gasteiger partial charge in [0, 0.05) is 25.2 Å². The molecule has 0 aliphatic heterocycles. The van der Waals surface area contributed by atoms with Gasteiger partial charge in [-0.15, -0.1) is 10.2 Å². The Labute approximate surface area is 277 Å². The van der Waals surface area contributed by atoms with Crippen LogP contribution in [-0.4, -0.2) is 35.5 Å². The second kappa shape index (κ2) is 20.3. The SMILES string of the molecule is CCCCc1c(C#N)c(O)n(CCCC)c(=O)c1N=Nc1ccccc1S(=O)(=O)N(CC(CC)CCCC)CC(CC)CCCC. The molecule has 256 valence electrons. The second-order valence-corrected chi connectivity index (χ2v) is 14.3. The maximum absolute atomic E-state index is 14.5. The molecule has 2 atom stereocenters. The van der Waals surface area contributed by atoms with Crippen molar-refractivity contribution in [2.45, 2.75) is 136 Å². The van der Waals surface area contributed by atoms with Gasteiger partial charge in [0.25, 0.3) is 5.56 Å². The zero-order valence-electron chi connectivity index (χ0n) is 29.1. The minimum absolute atomic E-state index is 0.0144. The lowest BCUT2D eigenvalue weighted by atomic mass is 9.97. The highest BCUT2D eigenvalue weighted by Crippen LogP contribution is 2.33. The van der Waals surface area contributed by atoms with Gasteiger partial charge in [0.2, 0.25) is 15.9 Å². The third kappa shape index (κ3) is 10.5. The number of sulfonamides is 1. The van der Waals surface area contributed by atoms with Crippen LogP contribution in [0.2, 0.25) is 0 Å². The largest absolute Gasteiger partial charge is 0.493 e. The maximum Gasteiger partial charge on any atom is 0.281 e. The fourth-order valence-electron chi connectivity index (χ4n) is 5.76. The molecule has 2 aromatic rings. The molecule has 0 aliphatic rings. The Morgan fingerprint density at radius 2 is 1.43 bits per heavy atom. The number of hydrogen-bond donors (Lipinski definition) is 1. The van der Waals surface area contributed by atoms with Crippen molar-refractivity contribution >= 4 is 21.4 Å². The number of nitriles is 1. The van der Waals surface area contributed by atoms with Crippen molar-refractivity contribution in [1.82, 2.24) is 8.87 Å². The van der Waals surface area contributed by atoms with Crippen molar-refractivity contribution in [3.63, 3.8) is 0 Å². The molecule has 0 fully saturated rings. The number of rotatable bonds is 22. The van der Waals surface area contributed by atoms with E-state index < -0.39 is 15.6 Å². The van der Waals surface area contributed by atoms with Crippen molar-refractivity contribution in [1.29, 1.82) is 5.26 Å². The van der Waals surface area contributed by atoms with Crippen LogP contribution in [0.3, 0.4) is 0 Å². The fraction of sp³-hybridized carbons (Fsp3) is 0.667. The van der Waals surface area contributed by atoms with E-state index in [4.69, 9.17) is 0 Å². The van der Waals surface area contributed by atoms with E-state index in [-0.39, 0.29) is 46.1 Å². The van der Waals surface area contributed by atoms with Gasteiger partial charge in [-0.2, -0.15) is 9.57 Å². The summed E-state index contributed by atoms with van der Waals surface area (Å²) in [7, 11) is -3.97. The quantitative estimate of drug-likeness (QED) is 0.126. The van der Waals surface area contributed by atoms with Gasteiger partial charge >= 0.3 is 0 Å². The van der Waals surface area contributed by atoms with Gasteiger partial charge in [-0.05, 0) is 56.1 Å². The Bertz CT molecular complexity index is 1440. The first-order valence-electron chi connectivity index (χ1n) is 17.5. The summed E-state index contributed by atoms with van der Waals surface area (Å²) in [6.07, 6.45) is 11.2. The van der Waals surface area contributed by atoms with Crippen LogP contribution >= 0.6 is 0 Å². The van der Waals surface area contributed by atoms with Crippen molar-refractivity contribution < 1.29 is 13.5 Å². The molecule has 2 unspecified atom stereocenters. The summed E-state index contributed by atoms with van der Waals surface area (Å²) in [6, 6.07) is 8.62. The molecule has 0 saturated carbocycles. The first kappa shape index (κ1) is 39.1. The average Bonchev–Trinajstić information content (AvgIpc) is 3.06. The van der Waals surface area contributed by atoms with Crippen LogP contribution in [0, 0.1) is 23.2 Å². The maximum atomic E-state index is 14.5. The van der Waals surface area contributed by atoms with E-state index in [1.54, 1.807) is 28.6 Å². The highest BCUT2D eigenvalue weighted by Gasteiger charge is 2.31. The molecule has 0 saturated heterocycles. The normalized spacial score (nSPS) is 13.3. The minimum Gasteiger partial charge on any atom is -0.493 e. The molecule has 1 heterocycles. The predicted molar refractivity (Wildman–Crippen MR) is 187 cm³/mol. The average molecular weight is 656 g/mol. The molecule has 1 aromatic heterocycles. The lowest BCUT2D eigenvalue weighted by molar-refractivity contribution is 0.270. The van der Waals surface area contributed by atoms with Crippen molar-refractivity contribution in [3.05, 3.63) is 45.7 Å². The van der Waals surface area contributed by atoms with E-state index in [0.29, 0.717) is 37.9 Å². The van der Waals surface area contributed by atoms with Crippen molar-refractivity contribution in [3.8, 4) is 11.9 Å². The molecule has 2 rings (SSSR count). The molecule has 10 heteroatoms. The summed E-state index contributed by atoms with van der Waals surface area (Å²) in [6.45, 7) is 13.7. The molecule has 46 heavy (non-hydrogen) atoms. The molecule has 0 radical (unpaired) electrons. The van der Waals surface area contributed by atoms with Gasteiger partial charge in [0.1, 0.15) is 22.2 Å². The van der Waals surface area contributed by atoms with Crippen LogP contribution in [0.4, 0.5) is 11.4 Å². The van der Waals surface area contributed by atoms with E-state index in [1.165, 1.54) is 4.57 Å². The smallest absolute Gasteiger partial charge is 0.281 e. The van der Waals surface area contributed by atoms with Crippen LogP contribution in [0.25, 0.3) is 0 Å². The Morgan fingerprint density at radius 3 is 1.96 bits per heavy atom. The highest BCUT2D eigenvalue weighted by molar-refractivity contribution is 7.89. The number of pyridine rings is 1. The van der Waals surface area contributed by atoms with Crippen LogP contribution in [0.5, 0.6) is 5.88 Å². The van der Waals surface area contributed by atoms with E-state index in [2.05, 4.69) is 44.0 Å². The zero-order chi connectivity index (χ0) is 34.1. The van der Waals surface area contributed by atoms with E-state index in [9.17, 15) is 23.6 Å². The summed E-state index contributed by atoms with van der Waals surface area (Å²) in [5, 5.41) is 29.6. The van der Waals surface area contributed by atoms with Gasteiger partial charge in [-0.3, -0.25) is 9.36 Å². The Hall–Kier alpha value is -3.03. The Morgan fingerprint density at radius 1 is 0.870 bits per heavy atom. The summed E-state index contributed by atoms with van der Waals surface area (Å²) in [5.74, 6) is 0.138. The number of unbranched alkanes of at least 4 members (excludes halogenated alkanes) is 4. The predicted octanol–water partition coefficient (Wildman–Crippen LogP) is 9.41. The fourth-order valence-corrected chi connectivity index (χ4v) is 7.48. The number of hydrogen-bond acceptors (Lipinski definition) is 7. The van der Waals surface area contributed by atoms with Crippen LogP contribution in [0.1, 0.15) is 130 Å². The molecule has 0 spiro atoms. The van der Waals surface area contributed by atoms with E-state index >= 15 is 0 Å². The molecular weight excluding hydrogens is 598 g/mol. The first-order chi connectivity index (χ1) is 22.1. The van der Waals surface area contributed by atoms with E-state index in [1.807, 2.05) is 13.8 Å². The molecular formula is C36H57N5O4S. The zero-order valence-corrected chi connectivity index (χ0v) is 29.9. The number of nitrogens with zero attached hydrogens (tertiary/aromatic N) is 5. The highest BCUT2D eigenvalue weighted by atomic mass is 32.2. The van der Waals surface area contributed by atoms with Gasteiger partial charge in [-0.1, -0.05) is 105 Å². The Kier molecular flexibility index (Phi) is 17.2.